The SMILES string of the molecule is CCOC(=O)C1=C2C=CC=CN2c2c(sc(C(=O)OCC)c2N)S1. The summed E-state index contributed by atoms with van der Waals surface area (Å²) >= 11 is 2.50. The van der Waals surface area contributed by atoms with Crippen LogP contribution in [-0.2, 0) is 14.3 Å². The molecule has 0 saturated heterocycles. The first-order chi connectivity index (χ1) is 11.6. The van der Waals surface area contributed by atoms with Crippen LogP contribution in [-0.4, -0.2) is 25.2 Å². The Bertz CT molecular complexity index is 792. The summed E-state index contributed by atoms with van der Waals surface area (Å²) in [6.45, 7) is 4.08. The van der Waals surface area contributed by atoms with Crippen molar-refractivity contribution in [1.82, 2.24) is 0 Å². The van der Waals surface area contributed by atoms with E-state index in [9.17, 15) is 9.59 Å². The molecule has 1 aromatic heterocycles. The lowest BCUT2D eigenvalue weighted by atomic mass is 10.2. The molecular formula is C16H16N2O4S2. The summed E-state index contributed by atoms with van der Waals surface area (Å²) in [7, 11) is 0. The summed E-state index contributed by atoms with van der Waals surface area (Å²) in [6, 6.07) is 0. The molecule has 3 heterocycles. The summed E-state index contributed by atoms with van der Waals surface area (Å²) in [5.74, 6) is -0.844. The lowest BCUT2D eigenvalue weighted by Gasteiger charge is -2.30. The zero-order valence-electron chi connectivity index (χ0n) is 13.2. The van der Waals surface area contributed by atoms with Crippen LogP contribution in [0, 0.1) is 0 Å². The van der Waals surface area contributed by atoms with Crippen molar-refractivity contribution in [2.45, 2.75) is 18.1 Å². The Hall–Kier alpha value is -2.19. The fourth-order valence-electron chi connectivity index (χ4n) is 2.37. The van der Waals surface area contributed by atoms with Crippen molar-refractivity contribution in [1.29, 1.82) is 0 Å². The molecule has 6 nitrogen and oxygen atoms in total. The lowest BCUT2D eigenvalue weighted by Crippen LogP contribution is -2.24. The highest BCUT2D eigenvalue weighted by molar-refractivity contribution is 8.06. The first kappa shape index (κ1) is 16.7. The Balaban J connectivity index is 2.07. The maximum atomic E-state index is 12.3. The Kier molecular flexibility index (Phi) is 4.68. The number of nitrogen functional groups attached to an aromatic ring is 1. The third-order valence-electron chi connectivity index (χ3n) is 3.34. The van der Waals surface area contributed by atoms with Gasteiger partial charge in [-0.15, -0.1) is 11.3 Å². The van der Waals surface area contributed by atoms with Crippen LogP contribution < -0.4 is 10.6 Å². The molecular weight excluding hydrogens is 348 g/mol. The van der Waals surface area contributed by atoms with Gasteiger partial charge in [0.15, 0.2) is 0 Å². The van der Waals surface area contributed by atoms with Crippen LogP contribution >= 0.6 is 23.1 Å². The maximum absolute atomic E-state index is 12.3. The molecule has 0 saturated carbocycles. The molecule has 0 bridgehead atoms. The number of thiophene rings is 1. The van der Waals surface area contributed by atoms with Crippen LogP contribution in [0.3, 0.4) is 0 Å². The van der Waals surface area contributed by atoms with Crippen molar-refractivity contribution < 1.29 is 19.1 Å². The number of nitrogens with zero attached hydrogens (tertiary/aromatic N) is 1. The van der Waals surface area contributed by atoms with Crippen molar-refractivity contribution in [3.05, 3.63) is 39.9 Å². The predicted octanol–water partition coefficient (Wildman–Crippen LogP) is 3.28. The molecule has 8 heteroatoms. The summed E-state index contributed by atoms with van der Waals surface area (Å²) in [5.41, 5.74) is 7.96. The van der Waals surface area contributed by atoms with Gasteiger partial charge in [-0.3, -0.25) is 0 Å². The topological polar surface area (TPSA) is 81.9 Å². The van der Waals surface area contributed by atoms with Crippen LogP contribution in [0.15, 0.2) is 39.2 Å². The van der Waals surface area contributed by atoms with Crippen molar-refractivity contribution in [2.75, 3.05) is 23.8 Å². The van der Waals surface area contributed by atoms with Crippen molar-refractivity contribution in [3.63, 3.8) is 0 Å². The zero-order valence-corrected chi connectivity index (χ0v) is 14.8. The molecule has 0 aliphatic carbocycles. The Morgan fingerprint density at radius 1 is 1.17 bits per heavy atom. The number of fused-ring (bicyclic) bond motifs is 3. The molecule has 2 N–H and O–H groups in total. The van der Waals surface area contributed by atoms with E-state index in [-0.39, 0.29) is 6.61 Å². The van der Waals surface area contributed by atoms with Gasteiger partial charge in [0.1, 0.15) is 9.78 Å². The molecule has 3 rings (SSSR count). The fraction of sp³-hybridized carbons (Fsp3) is 0.250. The van der Waals surface area contributed by atoms with Gasteiger partial charge in [0.2, 0.25) is 0 Å². The quantitative estimate of drug-likeness (QED) is 0.821. The van der Waals surface area contributed by atoms with Crippen molar-refractivity contribution in [2.24, 2.45) is 0 Å². The Labute approximate surface area is 147 Å². The zero-order chi connectivity index (χ0) is 17.3. The molecule has 126 valence electrons. The molecule has 0 atom stereocenters. The second-order valence-corrected chi connectivity index (χ2v) is 7.11. The van der Waals surface area contributed by atoms with Crippen molar-refractivity contribution in [3.8, 4) is 0 Å². The minimum Gasteiger partial charge on any atom is -0.462 e. The smallest absolute Gasteiger partial charge is 0.350 e. The number of esters is 2. The van der Waals surface area contributed by atoms with E-state index in [4.69, 9.17) is 15.2 Å². The molecule has 0 spiro atoms. The molecule has 2 aliphatic rings. The highest BCUT2D eigenvalue weighted by Crippen LogP contribution is 2.53. The number of nitrogens with two attached hydrogens (primary N) is 1. The van der Waals surface area contributed by atoms with E-state index in [1.165, 1.54) is 23.1 Å². The molecule has 0 radical (unpaired) electrons. The number of carbonyl (C=O) groups excluding carboxylic acids is 2. The molecule has 0 fully saturated rings. The van der Waals surface area contributed by atoms with E-state index in [0.29, 0.717) is 33.5 Å². The normalized spacial score (nSPS) is 15.2. The third kappa shape index (κ3) is 2.71. The summed E-state index contributed by atoms with van der Waals surface area (Å²) in [5, 5.41) is 0. The Morgan fingerprint density at radius 3 is 2.58 bits per heavy atom. The first-order valence-corrected chi connectivity index (χ1v) is 9.04. The average Bonchev–Trinajstić information content (AvgIpc) is 2.91. The second-order valence-electron chi connectivity index (χ2n) is 4.81. The van der Waals surface area contributed by atoms with Crippen LogP contribution in [0.1, 0.15) is 23.5 Å². The van der Waals surface area contributed by atoms with E-state index in [2.05, 4.69) is 0 Å². The van der Waals surface area contributed by atoms with E-state index in [1.54, 1.807) is 13.8 Å². The van der Waals surface area contributed by atoms with Gasteiger partial charge in [-0.25, -0.2) is 9.59 Å². The van der Waals surface area contributed by atoms with Gasteiger partial charge in [-0.05, 0) is 26.0 Å². The minimum absolute atomic E-state index is 0.276. The van der Waals surface area contributed by atoms with Gasteiger partial charge < -0.3 is 20.1 Å². The number of allylic oxidation sites excluding steroid dienone is 3. The fourth-order valence-corrected chi connectivity index (χ4v) is 4.78. The second kappa shape index (κ2) is 6.74. The van der Waals surface area contributed by atoms with Gasteiger partial charge in [-0.2, -0.15) is 0 Å². The van der Waals surface area contributed by atoms with Gasteiger partial charge in [0, 0.05) is 6.20 Å². The summed E-state index contributed by atoms with van der Waals surface area (Å²) in [4.78, 5) is 27.0. The van der Waals surface area contributed by atoms with E-state index < -0.39 is 11.9 Å². The van der Waals surface area contributed by atoms with Gasteiger partial charge in [0.25, 0.3) is 0 Å². The van der Waals surface area contributed by atoms with E-state index >= 15 is 0 Å². The molecule has 0 aromatic carbocycles. The van der Waals surface area contributed by atoms with E-state index in [0.717, 1.165) is 4.21 Å². The van der Waals surface area contributed by atoms with Crippen LogP contribution in [0.5, 0.6) is 0 Å². The minimum atomic E-state index is -0.453. The largest absolute Gasteiger partial charge is 0.462 e. The molecule has 24 heavy (non-hydrogen) atoms. The van der Waals surface area contributed by atoms with Crippen molar-refractivity contribution >= 4 is 46.4 Å². The van der Waals surface area contributed by atoms with Crippen LogP contribution in [0.25, 0.3) is 0 Å². The number of ether oxygens (including phenoxy) is 2. The van der Waals surface area contributed by atoms with E-state index in [1.807, 2.05) is 29.3 Å². The monoisotopic (exact) mass is 364 g/mol. The molecule has 0 unspecified atom stereocenters. The molecule has 2 aliphatic heterocycles. The average molecular weight is 364 g/mol. The molecule has 0 amide bonds. The predicted molar refractivity (Wildman–Crippen MR) is 95.0 cm³/mol. The maximum Gasteiger partial charge on any atom is 0.350 e. The van der Waals surface area contributed by atoms with Crippen LogP contribution in [0.2, 0.25) is 0 Å². The number of rotatable bonds is 4. The number of carbonyl (C=O) groups is 2. The standard InChI is InChI=1S/C16H16N2O4S2/c1-3-21-14(19)12-9-7-5-6-8-18(9)11-10(17)13(15(20)22-4-2)24-16(11)23-12/h5-8H,3-4,17H2,1-2H3. The number of anilines is 2. The lowest BCUT2D eigenvalue weighted by molar-refractivity contribution is -0.137. The van der Waals surface area contributed by atoms with Gasteiger partial charge in [-0.1, -0.05) is 17.8 Å². The van der Waals surface area contributed by atoms with Gasteiger partial charge in [0.05, 0.1) is 34.5 Å². The number of hydrogen-bond donors (Lipinski definition) is 1. The number of hydrogen-bond acceptors (Lipinski definition) is 8. The third-order valence-corrected chi connectivity index (χ3v) is 5.77. The first-order valence-electron chi connectivity index (χ1n) is 7.41. The highest BCUT2D eigenvalue weighted by atomic mass is 32.2. The highest BCUT2D eigenvalue weighted by Gasteiger charge is 2.35. The Morgan fingerprint density at radius 2 is 1.88 bits per heavy atom. The summed E-state index contributed by atoms with van der Waals surface area (Å²) in [6.07, 6.45) is 7.31. The molecule has 1 aromatic rings. The number of thioether (sulfide) groups is 1. The van der Waals surface area contributed by atoms with Gasteiger partial charge >= 0.3 is 11.9 Å². The summed E-state index contributed by atoms with van der Waals surface area (Å²) < 4.78 is 11.0. The van der Waals surface area contributed by atoms with Crippen LogP contribution in [0.4, 0.5) is 11.4 Å².